The minimum Gasteiger partial charge on any atom is -0.307 e. The molecule has 0 N–H and O–H groups in total. The highest BCUT2D eigenvalue weighted by molar-refractivity contribution is 6.39. The van der Waals surface area contributed by atoms with E-state index in [1.54, 1.807) is 0 Å². The lowest BCUT2D eigenvalue weighted by atomic mass is 9.81. The third-order valence-corrected chi connectivity index (χ3v) is 12.6. The molecule has 0 amide bonds. The zero-order valence-electron chi connectivity index (χ0n) is 30.3. The first-order valence-corrected chi connectivity index (χ1v) is 19.1. The van der Waals surface area contributed by atoms with E-state index in [1.165, 1.54) is 87.1 Å². The minimum absolute atomic E-state index is 0.263. The van der Waals surface area contributed by atoms with Crippen molar-refractivity contribution in [1.82, 2.24) is 18.9 Å². The first kappa shape index (κ1) is 29.4. The van der Waals surface area contributed by atoms with Crippen LogP contribution in [0.1, 0.15) is 25.0 Å². The molecule has 4 heteroatoms. The highest BCUT2D eigenvalue weighted by atomic mass is 15.2. The van der Waals surface area contributed by atoms with Crippen molar-refractivity contribution in [2.75, 3.05) is 0 Å². The highest BCUT2D eigenvalue weighted by Gasteiger charge is 2.40. The second-order valence-electron chi connectivity index (χ2n) is 15.7. The Morgan fingerprint density at radius 3 is 1.95 bits per heavy atom. The van der Waals surface area contributed by atoms with Crippen molar-refractivity contribution < 1.29 is 0 Å². The second-order valence-corrected chi connectivity index (χ2v) is 15.7. The van der Waals surface area contributed by atoms with Gasteiger partial charge in [-0.15, -0.1) is 0 Å². The quantitative estimate of drug-likeness (QED) is 0.180. The van der Waals surface area contributed by atoms with Crippen LogP contribution in [0.3, 0.4) is 0 Å². The molecule has 8 aromatic carbocycles. The Balaban J connectivity index is 1.27. The van der Waals surface area contributed by atoms with Gasteiger partial charge in [-0.25, -0.2) is 9.97 Å². The standard InChI is InChI=1S/C51H32N4/c1-51(2)39-25-12-10-21-35(39)46-44(51)45(29-15-4-3-5-16-29)52-50(53-46)55-40-26-13-11-22-36(40)43-48(55)33-20-9-8-19-32(33)42-37-24-14-23-34-38-27-30-17-6-7-18-31(30)28-41(38)54(47(34)37)49(42)43/h3-28H,1-2H3. The average molecular weight is 701 g/mol. The summed E-state index contributed by atoms with van der Waals surface area (Å²) in [5, 5.41) is 12.5. The molecule has 4 nitrogen and oxygen atoms in total. The molecule has 0 spiro atoms. The molecule has 1 aliphatic carbocycles. The fourth-order valence-electron chi connectivity index (χ4n) is 10.3. The van der Waals surface area contributed by atoms with Gasteiger partial charge >= 0.3 is 0 Å². The molecule has 1 aliphatic rings. The van der Waals surface area contributed by atoms with Crippen molar-refractivity contribution >= 4 is 81.4 Å². The summed E-state index contributed by atoms with van der Waals surface area (Å²) in [6, 6.07) is 57.5. The van der Waals surface area contributed by atoms with Crippen molar-refractivity contribution in [3.63, 3.8) is 0 Å². The van der Waals surface area contributed by atoms with E-state index in [2.05, 4.69) is 181 Å². The predicted molar refractivity (Wildman–Crippen MR) is 229 cm³/mol. The van der Waals surface area contributed by atoms with Gasteiger partial charge in [-0.05, 0) is 39.9 Å². The number of hydrogen-bond acceptors (Lipinski definition) is 2. The van der Waals surface area contributed by atoms with Crippen molar-refractivity contribution in [2.45, 2.75) is 19.3 Å². The number of para-hydroxylation sites is 2. The third-order valence-electron chi connectivity index (χ3n) is 12.6. The van der Waals surface area contributed by atoms with Crippen LogP contribution in [-0.2, 0) is 5.41 Å². The Kier molecular flexibility index (Phi) is 5.42. The molecule has 13 rings (SSSR count). The molecule has 0 radical (unpaired) electrons. The molecule has 0 atom stereocenters. The van der Waals surface area contributed by atoms with Crippen molar-refractivity contribution in [2.24, 2.45) is 0 Å². The summed E-state index contributed by atoms with van der Waals surface area (Å²) >= 11 is 0. The zero-order valence-corrected chi connectivity index (χ0v) is 30.3. The molecule has 0 saturated carbocycles. The van der Waals surface area contributed by atoms with Crippen LogP contribution >= 0.6 is 0 Å². The van der Waals surface area contributed by atoms with E-state index in [1.807, 2.05) is 0 Å². The van der Waals surface area contributed by atoms with Gasteiger partial charge in [0.2, 0.25) is 5.95 Å². The lowest BCUT2D eigenvalue weighted by Gasteiger charge is -2.24. The lowest BCUT2D eigenvalue weighted by Crippen LogP contribution is -2.18. The summed E-state index contributed by atoms with van der Waals surface area (Å²) in [6.45, 7) is 4.63. The van der Waals surface area contributed by atoms with E-state index in [0.29, 0.717) is 5.95 Å². The molecule has 4 heterocycles. The summed E-state index contributed by atoms with van der Waals surface area (Å²) in [5.41, 5.74) is 12.4. The number of rotatable bonds is 2. The number of nitrogens with zero attached hydrogens (tertiary/aromatic N) is 4. The van der Waals surface area contributed by atoms with E-state index < -0.39 is 0 Å². The van der Waals surface area contributed by atoms with Gasteiger partial charge in [-0.1, -0.05) is 153 Å². The van der Waals surface area contributed by atoms with E-state index in [-0.39, 0.29) is 5.41 Å². The van der Waals surface area contributed by atoms with Crippen LogP contribution in [0.15, 0.2) is 158 Å². The Morgan fingerprint density at radius 1 is 0.455 bits per heavy atom. The van der Waals surface area contributed by atoms with Crippen LogP contribution in [0.25, 0.3) is 110 Å². The Morgan fingerprint density at radius 2 is 1.09 bits per heavy atom. The highest BCUT2D eigenvalue weighted by Crippen LogP contribution is 2.52. The number of benzene rings is 8. The average Bonchev–Trinajstić information content (AvgIpc) is 3.93. The molecule has 4 aromatic heterocycles. The van der Waals surface area contributed by atoms with Crippen molar-refractivity contribution in [1.29, 1.82) is 0 Å². The van der Waals surface area contributed by atoms with Crippen LogP contribution in [0.4, 0.5) is 0 Å². The van der Waals surface area contributed by atoms with Crippen LogP contribution in [-0.4, -0.2) is 18.9 Å². The molecular formula is C51H32N4. The summed E-state index contributed by atoms with van der Waals surface area (Å²) < 4.78 is 4.92. The van der Waals surface area contributed by atoms with Crippen molar-refractivity contribution in [3.8, 4) is 28.5 Å². The van der Waals surface area contributed by atoms with Gasteiger partial charge in [0.25, 0.3) is 0 Å². The Hall–Kier alpha value is -7.04. The van der Waals surface area contributed by atoms with Gasteiger partial charge in [-0.2, -0.15) is 0 Å². The van der Waals surface area contributed by atoms with Crippen LogP contribution in [0, 0.1) is 0 Å². The first-order chi connectivity index (χ1) is 27.1. The molecular weight excluding hydrogens is 669 g/mol. The van der Waals surface area contributed by atoms with Gasteiger partial charge in [0.05, 0.1) is 39.0 Å². The molecule has 12 aromatic rings. The largest absolute Gasteiger partial charge is 0.307 e. The zero-order chi connectivity index (χ0) is 36.2. The predicted octanol–water partition coefficient (Wildman–Crippen LogP) is 13.0. The van der Waals surface area contributed by atoms with E-state index in [4.69, 9.17) is 9.97 Å². The third kappa shape index (κ3) is 3.57. The van der Waals surface area contributed by atoms with Gasteiger partial charge in [0.15, 0.2) is 0 Å². The molecule has 0 bridgehead atoms. The summed E-state index contributed by atoms with van der Waals surface area (Å²) in [5.74, 6) is 0.686. The van der Waals surface area contributed by atoms with Crippen LogP contribution in [0.5, 0.6) is 0 Å². The van der Waals surface area contributed by atoms with E-state index >= 15 is 0 Å². The van der Waals surface area contributed by atoms with Crippen LogP contribution in [0.2, 0.25) is 0 Å². The summed E-state index contributed by atoms with van der Waals surface area (Å²) in [7, 11) is 0. The molecule has 55 heavy (non-hydrogen) atoms. The lowest BCUT2D eigenvalue weighted by molar-refractivity contribution is 0.657. The number of hydrogen-bond donors (Lipinski definition) is 0. The first-order valence-electron chi connectivity index (χ1n) is 19.1. The Bertz CT molecular complexity index is 3620. The van der Waals surface area contributed by atoms with Crippen LogP contribution < -0.4 is 0 Å². The van der Waals surface area contributed by atoms with Gasteiger partial charge in [0.1, 0.15) is 0 Å². The van der Waals surface area contributed by atoms with E-state index in [0.717, 1.165) is 28.0 Å². The maximum atomic E-state index is 5.63. The fourth-order valence-corrected chi connectivity index (χ4v) is 10.3. The van der Waals surface area contributed by atoms with Gasteiger partial charge in [-0.3, -0.25) is 4.57 Å². The smallest absolute Gasteiger partial charge is 0.235 e. The summed E-state index contributed by atoms with van der Waals surface area (Å²) in [6.07, 6.45) is 0. The normalized spacial score (nSPS) is 13.8. The molecule has 0 aliphatic heterocycles. The molecule has 0 saturated heterocycles. The van der Waals surface area contributed by atoms with Gasteiger partial charge in [0, 0.05) is 59.8 Å². The molecule has 256 valence electrons. The SMILES string of the molecule is CC1(C)c2ccccc2-c2nc(-n3c4ccccc4c4c3c3ccccc3c3c5cccc6c7cc8ccccc8cc7n(c65)c34)nc(-c3ccccc3)c21. The Labute approximate surface area is 315 Å². The number of aromatic nitrogens is 4. The maximum absolute atomic E-state index is 5.63. The maximum Gasteiger partial charge on any atom is 0.235 e. The minimum atomic E-state index is -0.263. The fraction of sp³-hybridized carbons (Fsp3) is 0.0588. The number of fused-ring (bicyclic) bond motifs is 17. The van der Waals surface area contributed by atoms with Gasteiger partial charge < -0.3 is 4.40 Å². The van der Waals surface area contributed by atoms with Crippen molar-refractivity contribution in [3.05, 3.63) is 169 Å². The molecule has 0 unspecified atom stereocenters. The second kappa shape index (κ2) is 10.1. The molecule has 0 fully saturated rings. The monoisotopic (exact) mass is 700 g/mol. The summed E-state index contributed by atoms with van der Waals surface area (Å²) in [4.78, 5) is 11.3. The van der Waals surface area contributed by atoms with E-state index in [9.17, 15) is 0 Å². The topological polar surface area (TPSA) is 35.1 Å².